The minimum atomic E-state index is -3.97. The van der Waals surface area contributed by atoms with Crippen LogP contribution >= 0.6 is 0 Å². The Morgan fingerprint density at radius 1 is 0.571 bits per heavy atom. The summed E-state index contributed by atoms with van der Waals surface area (Å²) >= 11 is -10.2. The predicted octanol–water partition coefficient (Wildman–Crippen LogP) is -3.07. The van der Waals surface area contributed by atoms with Gasteiger partial charge in [-0.2, -0.15) is 0 Å². The standard InChI is InChI=1S/3CH4O3S.3Al.3O/c3*1-5(2,3)4;;;;;;/h3*1H3,(H,2,3,4);;;;;;/q;;;3*+1;;;/p-3. The van der Waals surface area contributed by atoms with E-state index in [-0.39, 0.29) is 0 Å². The molecule has 0 aromatic heterocycles. The third-order valence-corrected chi connectivity index (χ3v) is 12.8. The third kappa shape index (κ3) is 9.83. The molecule has 0 saturated carbocycles. The molecule has 12 nitrogen and oxygen atoms in total. The Kier molecular flexibility index (Phi) is 7.14. The number of hydrogen-bond acceptors (Lipinski definition) is 12. The van der Waals surface area contributed by atoms with Crippen molar-refractivity contribution >= 4 is 75.8 Å². The lowest BCUT2D eigenvalue weighted by Gasteiger charge is -2.25. The van der Waals surface area contributed by atoms with Crippen LogP contribution in [0.3, 0.4) is 0 Å². The number of hydrogen-bond donors (Lipinski definition) is 0. The van der Waals surface area contributed by atoms with Gasteiger partial charge in [0.1, 0.15) is 0 Å². The van der Waals surface area contributed by atoms with Gasteiger partial charge in [0, 0.05) is 0 Å². The molecule has 1 rings (SSSR count). The highest BCUT2D eigenvalue weighted by atomic mass is 32.2. The fraction of sp³-hybridized carbons (Fsp3) is 1.00. The van der Waals surface area contributed by atoms with E-state index in [2.05, 4.69) is 9.70 Å². The molecule has 0 aliphatic carbocycles. The van der Waals surface area contributed by atoms with Crippen LogP contribution < -0.4 is 0 Å². The SMILES string of the molecule is CS(=O)(=O)[O][Al]1[O][Al]([O]S(C)(=O)=O)[O][Al]([O]S(C)(=O)=O)[O]1. The Balaban J connectivity index is 2.87. The largest absolute Gasteiger partial charge is 0.864 e. The average molecular weight is 414 g/mol. The van der Waals surface area contributed by atoms with Crippen molar-refractivity contribution in [2.45, 2.75) is 0 Å². The molecule has 0 aromatic carbocycles. The van der Waals surface area contributed by atoms with Gasteiger partial charge in [-0.25, -0.2) is 25.3 Å². The third-order valence-electron chi connectivity index (χ3n) is 1.43. The zero-order chi connectivity index (χ0) is 16.5. The van der Waals surface area contributed by atoms with Crippen LogP contribution in [0.2, 0.25) is 0 Å². The molecule has 0 bridgehead atoms. The monoisotopic (exact) mass is 414 g/mol. The van der Waals surface area contributed by atoms with Crippen LogP contribution in [-0.4, -0.2) is 89.5 Å². The van der Waals surface area contributed by atoms with Crippen LogP contribution in [0.25, 0.3) is 0 Å². The molecule has 0 atom stereocenters. The molecular weight excluding hydrogens is 405 g/mol. The fourth-order valence-corrected chi connectivity index (χ4v) is 12.6. The molecule has 1 fully saturated rings. The molecule has 0 radical (unpaired) electrons. The minimum Gasteiger partial charge on any atom is -0.544 e. The first kappa shape index (κ1) is 20.3. The van der Waals surface area contributed by atoms with E-state index in [1.165, 1.54) is 0 Å². The van der Waals surface area contributed by atoms with Crippen molar-refractivity contribution in [2.75, 3.05) is 18.8 Å². The summed E-state index contributed by atoms with van der Waals surface area (Å²) in [7, 11) is -11.9. The second-order valence-electron chi connectivity index (χ2n) is 3.68. The summed E-state index contributed by atoms with van der Waals surface area (Å²) in [5.41, 5.74) is 0. The minimum absolute atomic E-state index is 0.712. The van der Waals surface area contributed by atoms with Crippen LogP contribution in [0.5, 0.6) is 0 Å². The van der Waals surface area contributed by atoms with E-state index in [0.29, 0.717) is 18.8 Å². The van der Waals surface area contributed by atoms with Crippen molar-refractivity contribution in [1.29, 1.82) is 0 Å². The van der Waals surface area contributed by atoms with Gasteiger partial charge in [0.15, 0.2) is 0 Å². The topological polar surface area (TPSA) is 158 Å². The maximum Gasteiger partial charge on any atom is 0.864 e. The quantitative estimate of drug-likeness (QED) is 0.405. The summed E-state index contributed by atoms with van der Waals surface area (Å²) in [6.45, 7) is 0. The normalized spacial score (nSPS) is 18.1. The first-order valence-electron chi connectivity index (χ1n) is 4.85. The van der Waals surface area contributed by atoms with Crippen molar-refractivity contribution in [3.8, 4) is 0 Å². The summed E-state index contributed by atoms with van der Waals surface area (Å²) in [6.07, 6.45) is 2.14. The van der Waals surface area contributed by atoms with Gasteiger partial charge < -0.3 is 18.2 Å². The van der Waals surface area contributed by atoms with Gasteiger partial charge in [0.25, 0.3) is 0 Å². The van der Waals surface area contributed by atoms with Gasteiger partial charge in [0.2, 0.25) is 30.4 Å². The summed E-state index contributed by atoms with van der Waals surface area (Å²) in [4.78, 5) is 0. The van der Waals surface area contributed by atoms with Gasteiger partial charge in [-0.05, 0) is 0 Å². The first-order valence-corrected chi connectivity index (χ1v) is 14.5. The molecule has 1 heterocycles. The molecule has 1 saturated heterocycles. The summed E-state index contributed by atoms with van der Waals surface area (Å²) in [6, 6.07) is 0. The van der Waals surface area contributed by atoms with E-state index < -0.39 is 75.8 Å². The molecule has 0 aromatic rings. The number of rotatable bonds is 6. The van der Waals surface area contributed by atoms with Crippen LogP contribution in [0.4, 0.5) is 0 Å². The lowest BCUT2D eigenvalue weighted by atomic mass is 12.0. The highest BCUT2D eigenvalue weighted by Crippen LogP contribution is 2.15. The van der Waals surface area contributed by atoms with Gasteiger partial charge in [-0.15, -0.1) is 0 Å². The lowest BCUT2D eigenvalue weighted by molar-refractivity contribution is 0.152. The zero-order valence-corrected chi connectivity index (χ0v) is 16.8. The van der Waals surface area contributed by atoms with Gasteiger partial charge in [-0.3, -0.25) is 0 Å². The summed E-state index contributed by atoms with van der Waals surface area (Å²) in [5, 5.41) is 0. The van der Waals surface area contributed by atoms with Crippen LogP contribution in [0.1, 0.15) is 0 Å². The van der Waals surface area contributed by atoms with Gasteiger partial charge in [-0.1, -0.05) is 0 Å². The van der Waals surface area contributed by atoms with E-state index in [9.17, 15) is 25.3 Å². The molecule has 1 aliphatic heterocycles. The average Bonchev–Trinajstić information content (AvgIpc) is 2.06. The summed E-state index contributed by atoms with van der Waals surface area (Å²) < 4.78 is 94.1. The molecule has 0 unspecified atom stereocenters. The van der Waals surface area contributed by atoms with E-state index in [4.69, 9.17) is 8.52 Å². The van der Waals surface area contributed by atoms with Crippen molar-refractivity contribution in [2.24, 2.45) is 0 Å². The van der Waals surface area contributed by atoms with E-state index in [1.54, 1.807) is 0 Å². The Bertz CT molecular complexity index is 565. The molecule has 21 heavy (non-hydrogen) atoms. The van der Waals surface area contributed by atoms with Gasteiger partial charge in [0.05, 0.1) is 18.8 Å². The first-order chi connectivity index (χ1) is 9.23. The Hall–Kier alpha value is 1.21. The second kappa shape index (κ2) is 7.40. The maximum absolute atomic E-state index is 11.0. The molecule has 0 spiro atoms. The zero-order valence-electron chi connectivity index (χ0n) is 10.9. The smallest absolute Gasteiger partial charge is 0.544 e. The van der Waals surface area contributed by atoms with Crippen LogP contribution in [0, 0.1) is 0 Å². The summed E-state index contributed by atoms with van der Waals surface area (Å²) in [5.74, 6) is 0. The molecule has 0 amide bonds. The molecule has 18 heteroatoms. The van der Waals surface area contributed by atoms with Gasteiger partial charge >= 0.3 is 45.4 Å². The van der Waals surface area contributed by atoms with Crippen molar-refractivity contribution in [1.82, 2.24) is 0 Å². The molecule has 1 aliphatic rings. The molecular formula is C3H9Al3O12S3. The lowest BCUT2D eigenvalue weighted by Crippen LogP contribution is -2.54. The fourth-order valence-electron chi connectivity index (χ4n) is 0.933. The highest BCUT2D eigenvalue weighted by molar-refractivity contribution is 7.87. The highest BCUT2D eigenvalue weighted by Gasteiger charge is 2.59. The Morgan fingerprint density at radius 2 is 0.762 bits per heavy atom. The van der Waals surface area contributed by atoms with E-state index in [1.807, 2.05) is 0 Å². The molecule has 0 N–H and O–H groups in total. The second-order valence-corrected chi connectivity index (χ2v) is 15.2. The van der Waals surface area contributed by atoms with Crippen molar-refractivity contribution in [3.05, 3.63) is 0 Å². The Labute approximate surface area is 137 Å². The van der Waals surface area contributed by atoms with Crippen molar-refractivity contribution in [3.63, 3.8) is 0 Å². The van der Waals surface area contributed by atoms with Crippen LogP contribution in [-0.2, 0) is 48.6 Å². The van der Waals surface area contributed by atoms with Crippen LogP contribution in [0.15, 0.2) is 0 Å². The maximum atomic E-state index is 11.0. The molecule has 120 valence electrons. The van der Waals surface area contributed by atoms with Crippen molar-refractivity contribution < 1.29 is 43.5 Å². The Morgan fingerprint density at radius 3 is 0.905 bits per heavy atom. The predicted molar refractivity (Wildman–Crippen MR) is 68.3 cm³/mol. The van der Waals surface area contributed by atoms with E-state index >= 15 is 0 Å². The van der Waals surface area contributed by atoms with E-state index in [0.717, 1.165) is 0 Å².